The molecule has 0 unspecified atom stereocenters. The molecule has 0 saturated carbocycles. The SMILES string of the molecule is CCCCCC[N+](CCC)(CCC)CCCCCC.O=S(=O)([N-]S(=O)(=O)C(F)(F)F)C(F)(F)F. The van der Waals surface area contributed by atoms with Crippen LogP contribution in [-0.4, -0.2) is 58.5 Å². The molecule has 34 heavy (non-hydrogen) atoms. The van der Waals surface area contributed by atoms with E-state index < -0.39 is 31.1 Å². The lowest BCUT2D eigenvalue weighted by molar-refractivity contribution is -0.928. The number of hydrogen-bond donors (Lipinski definition) is 0. The van der Waals surface area contributed by atoms with Crippen molar-refractivity contribution in [1.29, 1.82) is 0 Å². The van der Waals surface area contributed by atoms with Gasteiger partial charge < -0.3 is 8.61 Å². The summed E-state index contributed by atoms with van der Waals surface area (Å²) in [6.07, 6.45) is 14.0. The van der Waals surface area contributed by atoms with E-state index in [4.69, 9.17) is 0 Å². The van der Waals surface area contributed by atoms with Crippen LogP contribution in [0.5, 0.6) is 0 Å². The Hall–Kier alpha value is -0.600. The molecule has 0 aliphatic heterocycles. The minimum atomic E-state index is -6.72. The second kappa shape index (κ2) is 16.2. The van der Waals surface area contributed by atoms with Crippen LogP contribution in [0, 0.1) is 0 Å². The summed E-state index contributed by atoms with van der Waals surface area (Å²) >= 11 is 0. The van der Waals surface area contributed by atoms with Gasteiger partial charge in [0.05, 0.1) is 26.2 Å². The zero-order chi connectivity index (χ0) is 27.1. The first-order valence-electron chi connectivity index (χ1n) is 11.7. The van der Waals surface area contributed by atoms with E-state index in [1.165, 1.54) is 94.9 Å². The Labute approximate surface area is 201 Å². The molecular formula is C20H40F6N2O4S2. The Morgan fingerprint density at radius 1 is 0.529 bits per heavy atom. The van der Waals surface area contributed by atoms with Crippen molar-refractivity contribution in [2.24, 2.45) is 0 Å². The molecule has 0 heterocycles. The molecular weight excluding hydrogens is 510 g/mol. The van der Waals surface area contributed by atoms with Crippen LogP contribution in [-0.2, 0) is 20.0 Å². The standard InChI is InChI=1S/C18H40N.C2F6NO4S2/c1-5-9-11-13-17-19(15-7-3,16-8-4)18-14-12-10-6-2;3-1(4,5)14(10,11)9-15(12,13)2(6,7)8/h5-18H2,1-4H3;/q+1;-1. The van der Waals surface area contributed by atoms with Gasteiger partial charge >= 0.3 is 11.0 Å². The fraction of sp³-hybridized carbons (Fsp3) is 1.00. The second-order valence-electron chi connectivity index (χ2n) is 8.27. The number of rotatable bonds is 16. The molecule has 0 aliphatic rings. The maximum Gasteiger partial charge on any atom is 0.480 e. The zero-order valence-corrected chi connectivity index (χ0v) is 22.1. The molecule has 0 aliphatic carbocycles. The summed E-state index contributed by atoms with van der Waals surface area (Å²) in [6.45, 7) is 15.0. The van der Waals surface area contributed by atoms with E-state index >= 15 is 0 Å². The molecule has 208 valence electrons. The van der Waals surface area contributed by atoms with Gasteiger partial charge in [0.1, 0.15) is 0 Å². The van der Waals surface area contributed by atoms with Crippen molar-refractivity contribution < 1.29 is 47.7 Å². The molecule has 6 nitrogen and oxygen atoms in total. The van der Waals surface area contributed by atoms with Crippen molar-refractivity contribution in [2.45, 2.75) is 103 Å². The molecule has 0 aromatic heterocycles. The van der Waals surface area contributed by atoms with Gasteiger partial charge in [0.25, 0.3) is 0 Å². The lowest BCUT2D eigenvalue weighted by Crippen LogP contribution is -2.50. The van der Waals surface area contributed by atoms with E-state index in [0.29, 0.717) is 0 Å². The molecule has 0 bridgehead atoms. The van der Waals surface area contributed by atoms with Crippen molar-refractivity contribution in [1.82, 2.24) is 0 Å². The highest BCUT2D eigenvalue weighted by Crippen LogP contribution is 2.36. The van der Waals surface area contributed by atoms with Crippen molar-refractivity contribution in [3.8, 4) is 0 Å². The quantitative estimate of drug-likeness (QED) is 0.120. The first kappa shape index (κ1) is 35.6. The average Bonchev–Trinajstić information content (AvgIpc) is 2.67. The van der Waals surface area contributed by atoms with Crippen LogP contribution in [0.2, 0.25) is 0 Å². The van der Waals surface area contributed by atoms with Gasteiger partial charge in [0.2, 0.25) is 0 Å². The molecule has 0 amide bonds. The van der Waals surface area contributed by atoms with E-state index in [1.807, 2.05) is 0 Å². The fourth-order valence-corrected chi connectivity index (χ4v) is 5.29. The maximum atomic E-state index is 11.4. The molecule has 0 spiro atoms. The van der Waals surface area contributed by atoms with Gasteiger partial charge in [-0.05, 0) is 38.5 Å². The molecule has 0 fully saturated rings. The van der Waals surface area contributed by atoms with Gasteiger partial charge in [-0.15, -0.1) is 0 Å². The third-order valence-corrected chi connectivity index (χ3v) is 7.89. The largest absolute Gasteiger partial charge is 0.480 e. The Morgan fingerprint density at radius 2 is 0.853 bits per heavy atom. The monoisotopic (exact) mass is 550 g/mol. The van der Waals surface area contributed by atoms with Gasteiger partial charge in [-0.25, -0.2) is 16.8 Å². The minimum Gasteiger partial charge on any atom is -0.421 e. The van der Waals surface area contributed by atoms with Crippen LogP contribution in [0.15, 0.2) is 0 Å². The summed E-state index contributed by atoms with van der Waals surface area (Å²) in [7, 11) is -13.4. The summed E-state index contributed by atoms with van der Waals surface area (Å²) < 4.78 is 111. The van der Waals surface area contributed by atoms with Gasteiger partial charge in [0, 0.05) is 0 Å². The lowest BCUT2D eigenvalue weighted by Gasteiger charge is -2.39. The van der Waals surface area contributed by atoms with Gasteiger partial charge in [0.15, 0.2) is 20.0 Å². The van der Waals surface area contributed by atoms with Crippen LogP contribution < -0.4 is 0 Å². The number of quaternary nitrogens is 1. The predicted octanol–water partition coefficient (Wildman–Crippen LogP) is 6.84. The topological polar surface area (TPSA) is 82.4 Å². The zero-order valence-electron chi connectivity index (χ0n) is 20.5. The Balaban J connectivity index is 0. The number of nitrogens with zero attached hydrogens (tertiary/aromatic N) is 2. The van der Waals surface area contributed by atoms with E-state index in [0.717, 1.165) is 4.13 Å². The highest BCUT2D eigenvalue weighted by molar-refractivity contribution is 8.13. The Bertz CT molecular complexity index is 677. The third kappa shape index (κ3) is 14.1. The first-order valence-corrected chi connectivity index (χ1v) is 14.5. The van der Waals surface area contributed by atoms with E-state index in [-0.39, 0.29) is 0 Å². The number of alkyl halides is 6. The summed E-state index contributed by atoms with van der Waals surface area (Å²) in [5.74, 6) is 0. The number of unbranched alkanes of at least 4 members (excludes halogenated alkanes) is 6. The van der Waals surface area contributed by atoms with Crippen molar-refractivity contribution in [3.63, 3.8) is 0 Å². The van der Waals surface area contributed by atoms with Crippen molar-refractivity contribution in [2.75, 3.05) is 26.2 Å². The first-order chi connectivity index (χ1) is 15.4. The summed E-state index contributed by atoms with van der Waals surface area (Å²) in [6, 6.07) is 0. The molecule has 0 rings (SSSR count). The molecule has 0 saturated heterocycles. The second-order valence-corrected chi connectivity index (χ2v) is 11.7. The number of halogens is 6. The Kier molecular flexibility index (Phi) is 16.9. The third-order valence-electron chi connectivity index (χ3n) is 5.15. The molecule has 0 atom stereocenters. The summed E-state index contributed by atoms with van der Waals surface area (Å²) in [5.41, 5.74) is -12.4. The van der Waals surface area contributed by atoms with Crippen LogP contribution in [0.25, 0.3) is 4.13 Å². The number of hydrogen-bond acceptors (Lipinski definition) is 4. The molecule has 0 aromatic carbocycles. The van der Waals surface area contributed by atoms with Crippen LogP contribution in [0.3, 0.4) is 0 Å². The molecule has 0 aromatic rings. The van der Waals surface area contributed by atoms with E-state index in [1.54, 1.807) is 0 Å². The van der Waals surface area contributed by atoms with Crippen molar-refractivity contribution >= 4 is 20.0 Å². The smallest absolute Gasteiger partial charge is 0.421 e. The fourth-order valence-electron chi connectivity index (χ4n) is 3.58. The normalized spacial score (nSPS) is 13.5. The molecule has 0 radical (unpaired) electrons. The predicted molar refractivity (Wildman–Crippen MR) is 122 cm³/mol. The van der Waals surface area contributed by atoms with Gasteiger partial charge in [-0.3, -0.25) is 0 Å². The average molecular weight is 551 g/mol. The minimum absolute atomic E-state index is 0.778. The van der Waals surface area contributed by atoms with Crippen LogP contribution in [0.4, 0.5) is 26.3 Å². The van der Waals surface area contributed by atoms with E-state index in [9.17, 15) is 43.2 Å². The Morgan fingerprint density at radius 3 is 1.09 bits per heavy atom. The van der Waals surface area contributed by atoms with E-state index in [2.05, 4.69) is 27.7 Å². The highest BCUT2D eigenvalue weighted by atomic mass is 32.3. The summed E-state index contributed by atoms with van der Waals surface area (Å²) in [4.78, 5) is 0. The van der Waals surface area contributed by atoms with Crippen LogP contribution >= 0.6 is 0 Å². The van der Waals surface area contributed by atoms with Gasteiger partial charge in [-0.1, -0.05) is 53.4 Å². The number of sulfonamides is 2. The maximum absolute atomic E-state index is 11.4. The lowest BCUT2D eigenvalue weighted by atomic mass is 10.1. The van der Waals surface area contributed by atoms with Crippen LogP contribution in [0.1, 0.15) is 91.9 Å². The molecule has 14 heteroatoms. The molecule has 0 N–H and O–H groups in total. The highest BCUT2D eigenvalue weighted by Gasteiger charge is 2.46. The van der Waals surface area contributed by atoms with Gasteiger partial charge in [-0.2, -0.15) is 26.3 Å². The van der Waals surface area contributed by atoms with Crippen molar-refractivity contribution in [3.05, 3.63) is 4.13 Å². The summed E-state index contributed by atoms with van der Waals surface area (Å²) in [5, 5.41) is 0.